The van der Waals surface area contributed by atoms with Gasteiger partial charge in [0.25, 0.3) is 0 Å². The third-order valence-electron chi connectivity index (χ3n) is 5.51. The van der Waals surface area contributed by atoms with Gasteiger partial charge in [-0.3, -0.25) is 4.79 Å². The maximum atomic E-state index is 12.9. The lowest BCUT2D eigenvalue weighted by molar-refractivity contribution is -0.134. The first-order chi connectivity index (χ1) is 11.3. The molecule has 126 valence electrons. The molecule has 2 fully saturated rings. The minimum atomic E-state index is -0.173. The molecule has 1 saturated carbocycles. The van der Waals surface area contributed by atoms with E-state index < -0.39 is 0 Å². The molecule has 2 N–H and O–H groups in total. The smallest absolute Gasteiger partial charge is 0.228 e. The summed E-state index contributed by atoms with van der Waals surface area (Å²) < 4.78 is 5.53. The van der Waals surface area contributed by atoms with Crippen LogP contribution in [-0.4, -0.2) is 25.6 Å². The van der Waals surface area contributed by atoms with Crippen LogP contribution in [-0.2, 0) is 22.7 Å². The van der Waals surface area contributed by atoms with Crippen LogP contribution in [0.3, 0.4) is 0 Å². The highest BCUT2D eigenvalue weighted by Crippen LogP contribution is 2.43. The van der Waals surface area contributed by atoms with E-state index in [1.807, 2.05) is 19.1 Å². The number of rotatable bonds is 6. The van der Waals surface area contributed by atoms with Crippen LogP contribution in [0.25, 0.3) is 0 Å². The van der Waals surface area contributed by atoms with Crippen LogP contribution in [0.4, 0.5) is 0 Å². The Kier molecular flexibility index (Phi) is 5.34. The van der Waals surface area contributed by atoms with Crippen LogP contribution in [0.5, 0.6) is 0 Å². The number of carbonyl (C=O) groups is 1. The summed E-state index contributed by atoms with van der Waals surface area (Å²) in [5.74, 6) is 0.744. The van der Waals surface area contributed by atoms with E-state index in [2.05, 4.69) is 22.8 Å². The van der Waals surface area contributed by atoms with Crippen molar-refractivity contribution in [1.82, 2.24) is 10.6 Å². The van der Waals surface area contributed by atoms with E-state index in [0.717, 1.165) is 30.6 Å². The number of nitrogens with one attached hydrogen (secondary N) is 2. The Morgan fingerprint density at radius 1 is 1.35 bits per heavy atom. The first-order valence-corrected chi connectivity index (χ1v) is 8.90. The monoisotopic (exact) mass is 316 g/mol. The Morgan fingerprint density at radius 2 is 2.17 bits per heavy atom. The van der Waals surface area contributed by atoms with Crippen molar-refractivity contribution in [1.29, 1.82) is 0 Å². The van der Waals surface area contributed by atoms with E-state index in [-0.39, 0.29) is 11.3 Å². The van der Waals surface area contributed by atoms with Crippen LogP contribution >= 0.6 is 0 Å². The van der Waals surface area contributed by atoms with Crippen molar-refractivity contribution >= 4 is 5.91 Å². The standard InChI is InChI=1S/C19H28N2O2/c1-2-23-13-16-8-4-3-7-15(16)11-21-18(22)19-10-6-5-9-17(19)12-20-14-19/h3-4,7-8,17,20H,2,5-6,9-14H2,1H3,(H,21,22)/t17-,19+/m0/s1. The molecule has 0 bridgehead atoms. The molecule has 0 radical (unpaired) electrons. The maximum absolute atomic E-state index is 12.9. The molecule has 4 heteroatoms. The van der Waals surface area contributed by atoms with Crippen LogP contribution in [0, 0.1) is 11.3 Å². The van der Waals surface area contributed by atoms with Crippen LogP contribution in [0.15, 0.2) is 24.3 Å². The maximum Gasteiger partial charge on any atom is 0.228 e. The fourth-order valence-electron chi connectivity index (χ4n) is 4.12. The van der Waals surface area contributed by atoms with Crippen LogP contribution < -0.4 is 10.6 Å². The molecule has 0 aromatic heterocycles. The molecule has 0 spiro atoms. The number of amides is 1. The summed E-state index contributed by atoms with van der Waals surface area (Å²) in [4.78, 5) is 12.9. The van der Waals surface area contributed by atoms with Gasteiger partial charge in [0.05, 0.1) is 12.0 Å². The van der Waals surface area contributed by atoms with Crippen molar-refractivity contribution in [2.45, 2.75) is 45.8 Å². The normalized spacial score (nSPS) is 26.7. The van der Waals surface area contributed by atoms with Crippen molar-refractivity contribution in [2.75, 3.05) is 19.7 Å². The predicted octanol–water partition coefficient (Wildman–Crippen LogP) is 2.62. The van der Waals surface area contributed by atoms with Crippen LogP contribution in [0.1, 0.15) is 43.7 Å². The molecule has 0 unspecified atom stereocenters. The summed E-state index contributed by atoms with van der Waals surface area (Å²) in [6.45, 7) is 5.74. The van der Waals surface area contributed by atoms with E-state index in [9.17, 15) is 4.79 Å². The largest absolute Gasteiger partial charge is 0.377 e. The van der Waals surface area contributed by atoms with E-state index in [0.29, 0.717) is 25.7 Å². The fraction of sp³-hybridized carbons (Fsp3) is 0.632. The molecule has 1 aliphatic heterocycles. The molecule has 1 aromatic carbocycles. The van der Waals surface area contributed by atoms with Gasteiger partial charge in [-0.25, -0.2) is 0 Å². The summed E-state index contributed by atoms with van der Waals surface area (Å²) in [6, 6.07) is 8.21. The Morgan fingerprint density at radius 3 is 3.00 bits per heavy atom. The first kappa shape index (κ1) is 16.5. The molecule has 2 atom stereocenters. The molecule has 3 rings (SSSR count). The third-order valence-corrected chi connectivity index (χ3v) is 5.51. The quantitative estimate of drug-likeness (QED) is 0.848. The zero-order valence-corrected chi connectivity index (χ0v) is 14.1. The van der Waals surface area contributed by atoms with Crippen molar-refractivity contribution in [3.05, 3.63) is 35.4 Å². The fourth-order valence-corrected chi connectivity index (χ4v) is 4.12. The minimum absolute atomic E-state index is 0.173. The third kappa shape index (κ3) is 3.43. The van der Waals surface area contributed by atoms with Gasteiger partial charge in [0.1, 0.15) is 0 Å². The van der Waals surface area contributed by atoms with Gasteiger partial charge in [-0.2, -0.15) is 0 Å². The highest BCUT2D eigenvalue weighted by atomic mass is 16.5. The van der Waals surface area contributed by atoms with Gasteiger partial charge >= 0.3 is 0 Å². The predicted molar refractivity (Wildman–Crippen MR) is 90.9 cm³/mol. The molecule has 1 heterocycles. The molecular weight excluding hydrogens is 288 g/mol. The number of benzene rings is 1. The number of hydrogen-bond acceptors (Lipinski definition) is 3. The molecule has 1 aromatic rings. The molecule has 4 nitrogen and oxygen atoms in total. The second-order valence-corrected chi connectivity index (χ2v) is 6.82. The average molecular weight is 316 g/mol. The van der Waals surface area contributed by atoms with Gasteiger partial charge < -0.3 is 15.4 Å². The van der Waals surface area contributed by atoms with Crippen molar-refractivity contribution < 1.29 is 9.53 Å². The molecule has 2 aliphatic rings. The Balaban J connectivity index is 1.65. The Labute approximate surface area is 139 Å². The zero-order chi connectivity index (χ0) is 16.1. The highest BCUT2D eigenvalue weighted by molar-refractivity contribution is 5.83. The number of hydrogen-bond donors (Lipinski definition) is 2. The molecular formula is C19H28N2O2. The Hall–Kier alpha value is -1.39. The topological polar surface area (TPSA) is 50.4 Å². The number of fused-ring (bicyclic) bond motifs is 1. The van der Waals surface area contributed by atoms with Crippen molar-refractivity contribution in [3.63, 3.8) is 0 Å². The minimum Gasteiger partial charge on any atom is -0.377 e. The molecule has 1 aliphatic carbocycles. The highest BCUT2D eigenvalue weighted by Gasteiger charge is 2.49. The van der Waals surface area contributed by atoms with E-state index in [1.165, 1.54) is 19.3 Å². The van der Waals surface area contributed by atoms with Gasteiger partial charge in [0, 0.05) is 19.7 Å². The Bertz CT molecular complexity index is 546. The second-order valence-electron chi connectivity index (χ2n) is 6.82. The van der Waals surface area contributed by atoms with E-state index >= 15 is 0 Å². The summed E-state index contributed by atoms with van der Waals surface area (Å²) >= 11 is 0. The van der Waals surface area contributed by atoms with Crippen molar-refractivity contribution in [2.24, 2.45) is 11.3 Å². The van der Waals surface area contributed by atoms with E-state index in [4.69, 9.17) is 4.74 Å². The van der Waals surface area contributed by atoms with Gasteiger partial charge in [0.15, 0.2) is 0 Å². The summed E-state index contributed by atoms with van der Waals surface area (Å²) in [5.41, 5.74) is 2.15. The second kappa shape index (κ2) is 7.45. The van der Waals surface area contributed by atoms with Gasteiger partial charge in [-0.1, -0.05) is 37.1 Å². The average Bonchev–Trinajstić information content (AvgIpc) is 3.03. The lowest BCUT2D eigenvalue weighted by Crippen LogP contribution is -2.47. The number of ether oxygens (including phenoxy) is 1. The van der Waals surface area contributed by atoms with Gasteiger partial charge in [0.2, 0.25) is 5.91 Å². The zero-order valence-electron chi connectivity index (χ0n) is 14.1. The van der Waals surface area contributed by atoms with Gasteiger partial charge in [-0.15, -0.1) is 0 Å². The molecule has 23 heavy (non-hydrogen) atoms. The summed E-state index contributed by atoms with van der Waals surface area (Å²) in [6.07, 6.45) is 4.64. The SMILES string of the molecule is CCOCc1ccccc1CNC(=O)[C@@]12CCCC[C@H]1CNC2. The van der Waals surface area contributed by atoms with Crippen LogP contribution in [0.2, 0.25) is 0 Å². The number of carbonyl (C=O) groups excluding carboxylic acids is 1. The van der Waals surface area contributed by atoms with Crippen molar-refractivity contribution in [3.8, 4) is 0 Å². The summed E-state index contributed by atoms with van der Waals surface area (Å²) in [5, 5.41) is 6.66. The molecule has 1 amide bonds. The first-order valence-electron chi connectivity index (χ1n) is 8.90. The van der Waals surface area contributed by atoms with Gasteiger partial charge in [-0.05, 0) is 43.4 Å². The lowest BCUT2D eigenvalue weighted by atomic mass is 9.67. The molecule has 1 saturated heterocycles. The lowest BCUT2D eigenvalue weighted by Gasteiger charge is -2.37. The van der Waals surface area contributed by atoms with E-state index in [1.54, 1.807) is 0 Å². The summed E-state index contributed by atoms with van der Waals surface area (Å²) in [7, 11) is 0.